The molecule has 23 heavy (non-hydrogen) atoms. The van der Waals surface area contributed by atoms with Crippen molar-refractivity contribution in [2.45, 2.75) is 26.3 Å². The highest BCUT2D eigenvalue weighted by Crippen LogP contribution is 2.05. The number of benzene rings is 1. The molecule has 1 rings (SSSR count). The Labute approximate surface area is 143 Å². The molecule has 0 bridgehead atoms. The summed E-state index contributed by atoms with van der Waals surface area (Å²) in [5, 5.41) is 2.75. The summed E-state index contributed by atoms with van der Waals surface area (Å²) in [6.45, 7) is 5.14. The molecule has 1 N–H and O–H groups in total. The van der Waals surface area contributed by atoms with E-state index in [0.717, 1.165) is 11.3 Å². The van der Waals surface area contributed by atoms with Gasteiger partial charge in [0.2, 0.25) is 5.91 Å². The number of hydrogen-bond donors (Lipinski definition) is 1. The van der Waals surface area contributed by atoms with Gasteiger partial charge in [-0.2, -0.15) is 11.8 Å². The Bertz CT molecular complexity index is 559. The number of rotatable bonds is 7. The highest BCUT2D eigenvalue weighted by Gasteiger charge is 2.23. The molecule has 124 valence electrons. The van der Waals surface area contributed by atoms with Crippen LogP contribution in [0.5, 0.6) is 0 Å². The molecule has 0 radical (unpaired) electrons. The van der Waals surface area contributed by atoms with Crippen LogP contribution in [0.1, 0.15) is 25.8 Å². The van der Waals surface area contributed by atoms with Crippen molar-refractivity contribution in [2.24, 2.45) is 0 Å². The fourth-order valence-corrected chi connectivity index (χ4v) is 2.56. The van der Waals surface area contributed by atoms with Gasteiger partial charge in [-0.1, -0.05) is 24.1 Å². The van der Waals surface area contributed by atoms with E-state index in [1.54, 1.807) is 16.7 Å². The number of likely N-dealkylation sites (N-methyl/N-ethyl adjacent to an activating group) is 1. The summed E-state index contributed by atoms with van der Waals surface area (Å²) in [5.41, 5.74) is 0.776. The molecular weight excluding hydrogens is 308 g/mol. The normalized spacial score (nSPS) is 11.1. The molecule has 2 amide bonds. The Morgan fingerprint density at radius 3 is 2.43 bits per heavy atom. The molecule has 1 atom stereocenters. The number of carbonyl (C=O) groups excluding carboxylic acids is 2. The van der Waals surface area contributed by atoms with Crippen LogP contribution in [0.2, 0.25) is 0 Å². The maximum Gasteiger partial charge on any atom is 0.296 e. The van der Waals surface area contributed by atoms with E-state index in [1.807, 2.05) is 50.4 Å². The molecule has 0 heterocycles. The Morgan fingerprint density at radius 2 is 1.87 bits per heavy atom. The maximum atomic E-state index is 12.5. The topological polar surface area (TPSA) is 49.4 Å². The average Bonchev–Trinajstić information content (AvgIpc) is 2.58. The third-order valence-electron chi connectivity index (χ3n) is 3.38. The van der Waals surface area contributed by atoms with Crippen LogP contribution in [0.15, 0.2) is 30.3 Å². The van der Waals surface area contributed by atoms with Gasteiger partial charge in [-0.25, -0.2) is 0 Å². The first kappa shape index (κ1) is 19.1. The first-order chi connectivity index (χ1) is 11.1. The average molecular weight is 332 g/mol. The van der Waals surface area contributed by atoms with Crippen LogP contribution in [0.4, 0.5) is 0 Å². The van der Waals surface area contributed by atoms with Gasteiger partial charge in [0.15, 0.2) is 0 Å². The Kier molecular flexibility index (Phi) is 8.93. The summed E-state index contributed by atoms with van der Waals surface area (Å²) < 4.78 is 0. The van der Waals surface area contributed by atoms with Crippen LogP contribution in [-0.4, -0.2) is 47.9 Å². The summed E-state index contributed by atoms with van der Waals surface area (Å²) >= 11 is 1.65. The van der Waals surface area contributed by atoms with Crippen LogP contribution in [0.3, 0.4) is 0 Å². The second kappa shape index (κ2) is 10.7. The lowest BCUT2D eigenvalue weighted by Gasteiger charge is -2.25. The maximum absolute atomic E-state index is 12.5. The second-order valence-electron chi connectivity index (χ2n) is 4.93. The van der Waals surface area contributed by atoms with E-state index in [4.69, 9.17) is 0 Å². The van der Waals surface area contributed by atoms with Crippen LogP contribution in [0.25, 0.3) is 0 Å². The van der Waals surface area contributed by atoms with Crippen molar-refractivity contribution < 1.29 is 9.59 Å². The van der Waals surface area contributed by atoms with Gasteiger partial charge in [-0.05, 0) is 44.4 Å². The minimum atomic E-state index is -0.514. The quantitative estimate of drug-likeness (QED) is 0.778. The van der Waals surface area contributed by atoms with Crippen molar-refractivity contribution >= 4 is 23.6 Å². The summed E-state index contributed by atoms with van der Waals surface area (Å²) in [6.07, 6.45) is 2.59. The Morgan fingerprint density at radius 1 is 1.22 bits per heavy atom. The molecule has 0 saturated heterocycles. The second-order valence-corrected chi connectivity index (χ2v) is 5.92. The van der Waals surface area contributed by atoms with E-state index < -0.39 is 11.9 Å². The number of nitrogens with one attached hydrogen (secondary N) is 1. The largest absolute Gasteiger partial charge is 0.341 e. The molecule has 1 aromatic rings. The van der Waals surface area contributed by atoms with E-state index in [0.29, 0.717) is 19.5 Å². The number of nitrogens with zero attached hydrogens (tertiary/aromatic N) is 1. The van der Waals surface area contributed by atoms with Gasteiger partial charge in [0, 0.05) is 24.6 Å². The van der Waals surface area contributed by atoms with E-state index in [2.05, 4.69) is 17.2 Å². The molecule has 0 aliphatic heterocycles. The molecule has 0 aliphatic rings. The minimum absolute atomic E-state index is 0.0427. The molecule has 4 nitrogen and oxygen atoms in total. The van der Waals surface area contributed by atoms with Crippen molar-refractivity contribution in [3.63, 3.8) is 0 Å². The fraction of sp³-hybridized carbons (Fsp3) is 0.444. The molecule has 0 aromatic heterocycles. The molecule has 5 heteroatoms. The summed E-state index contributed by atoms with van der Waals surface area (Å²) in [4.78, 5) is 26.2. The third kappa shape index (κ3) is 6.79. The number of thioether (sulfide) groups is 1. The van der Waals surface area contributed by atoms with Gasteiger partial charge in [0.05, 0.1) is 0 Å². The van der Waals surface area contributed by atoms with Gasteiger partial charge in [0.1, 0.15) is 6.04 Å². The van der Waals surface area contributed by atoms with Crippen molar-refractivity contribution in [1.82, 2.24) is 10.2 Å². The summed E-state index contributed by atoms with van der Waals surface area (Å²) in [6, 6.07) is 8.80. The van der Waals surface area contributed by atoms with Gasteiger partial charge in [-0.3, -0.25) is 9.59 Å². The van der Waals surface area contributed by atoms with Crippen LogP contribution in [0, 0.1) is 11.8 Å². The van der Waals surface area contributed by atoms with Crippen molar-refractivity contribution in [3.05, 3.63) is 35.9 Å². The monoisotopic (exact) mass is 332 g/mol. The van der Waals surface area contributed by atoms with Gasteiger partial charge >= 0.3 is 0 Å². The smallest absolute Gasteiger partial charge is 0.296 e. The predicted molar refractivity (Wildman–Crippen MR) is 96.2 cm³/mol. The molecule has 0 fully saturated rings. The highest BCUT2D eigenvalue weighted by molar-refractivity contribution is 7.98. The van der Waals surface area contributed by atoms with Gasteiger partial charge < -0.3 is 10.2 Å². The van der Waals surface area contributed by atoms with Gasteiger partial charge in [-0.15, -0.1) is 0 Å². The minimum Gasteiger partial charge on any atom is -0.341 e. The Balaban J connectivity index is 2.74. The third-order valence-corrected chi connectivity index (χ3v) is 4.03. The zero-order valence-corrected chi connectivity index (χ0v) is 14.8. The highest BCUT2D eigenvalue weighted by atomic mass is 32.2. The molecule has 1 aromatic carbocycles. The van der Waals surface area contributed by atoms with Crippen molar-refractivity contribution in [1.29, 1.82) is 0 Å². The van der Waals surface area contributed by atoms with Gasteiger partial charge in [0.25, 0.3) is 5.91 Å². The van der Waals surface area contributed by atoms with E-state index in [9.17, 15) is 9.59 Å². The zero-order valence-electron chi connectivity index (χ0n) is 14.0. The van der Waals surface area contributed by atoms with Crippen molar-refractivity contribution in [2.75, 3.05) is 25.1 Å². The Hall–Kier alpha value is -1.93. The lowest BCUT2D eigenvalue weighted by atomic mass is 10.2. The van der Waals surface area contributed by atoms with E-state index in [1.165, 1.54) is 0 Å². The molecule has 0 aliphatic carbocycles. The lowest BCUT2D eigenvalue weighted by molar-refractivity contribution is -0.135. The number of amides is 2. The predicted octanol–water partition coefficient (Wildman–Crippen LogP) is 2.14. The molecule has 0 unspecified atom stereocenters. The fourth-order valence-electron chi connectivity index (χ4n) is 2.09. The van der Waals surface area contributed by atoms with Crippen LogP contribution in [-0.2, 0) is 9.59 Å². The summed E-state index contributed by atoms with van der Waals surface area (Å²) in [5.74, 6) is 5.72. The SMILES string of the molecule is CCN(CC)C(=O)[C@H](CCSC)NC(=O)C#Cc1ccccc1. The number of hydrogen-bond acceptors (Lipinski definition) is 3. The number of carbonyl (C=O) groups is 2. The van der Waals surface area contributed by atoms with Crippen LogP contribution < -0.4 is 5.32 Å². The molecule has 0 saturated carbocycles. The van der Waals surface area contributed by atoms with Crippen molar-refractivity contribution in [3.8, 4) is 11.8 Å². The molecule has 0 spiro atoms. The standard InChI is InChI=1S/C18H24N2O2S/c1-4-20(5-2)18(22)16(13-14-23-3)19-17(21)12-11-15-9-7-6-8-10-15/h6-10,16H,4-5,13-14H2,1-3H3,(H,19,21)/t16-/m0/s1. The first-order valence-corrected chi connectivity index (χ1v) is 9.17. The molecular formula is C18H24N2O2S. The zero-order chi connectivity index (χ0) is 17.1. The van der Waals surface area contributed by atoms with E-state index >= 15 is 0 Å². The lowest BCUT2D eigenvalue weighted by Crippen LogP contribution is -2.48. The van der Waals surface area contributed by atoms with E-state index in [-0.39, 0.29) is 5.91 Å². The first-order valence-electron chi connectivity index (χ1n) is 7.77. The summed E-state index contributed by atoms with van der Waals surface area (Å²) in [7, 11) is 0. The van der Waals surface area contributed by atoms with Crippen LogP contribution >= 0.6 is 11.8 Å².